The Morgan fingerprint density at radius 2 is 2.00 bits per heavy atom. The van der Waals surface area contributed by atoms with Crippen LogP contribution in [0.5, 0.6) is 5.75 Å². The molecule has 0 bridgehead atoms. The summed E-state index contributed by atoms with van der Waals surface area (Å²) in [7, 11) is 1.57. The number of ether oxygens (including phenoxy) is 1. The van der Waals surface area contributed by atoms with Crippen LogP contribution in [0, 0.1) is 5.92 Å². The van der Waals surface area contributed by atoms with E-state index in [0.29, 0.717) is 5.56 Å². The van der Waals surface area contributed by atoms with Crippen molar-refractivity contribution in [1.82, 2.24) is 4.90 Å². The van der Waals surface area contributed by atoms with Gasteiger partial charge in [-0.25, -0.2) is 0 Å². The van der Waals surface area contributed by atoms with Crippen LogP contribution in [-0.2, 0) is 11.3 Å². The maximum atomic E-state index is 12.2. The van der Waals surface area contributed by atoms with Crippen molar-refractivity contribution in [2.24, 2.45) is 11.7 Å². The van der Waals surface area contributed by atoms with Crippen molar-refractivity contribution in [3.8, 4) is 5.75 Å². The number of rotatable bonds is 6. The molecule has 8 heteroatoms. The fraction of sp³-hybridized carbons (Fsp3) is 0.533. The molecule has 0 aliphatic rings. The second-order valence-electron chi connectivity index (χ2n) is 5.30. The van der Waals surface area contributed by atoms with Crippen molar-refractivity contribution in [2.75, 3.05) is 7.05 Å². The number of likely N-dealkylation sites (N-methyl/N-ethyl adjacent to an activating group) is 1. The minimum Gasteiger partial charge on any atom is -0.406 e. The number of amides is 1. The second kappa shape index (κ2) is 8.98. The van der Waals surface area contributed by atoms with Crippen molar-refractivity contribution < 1.29 is 22.7 Å². The minimum atomic E-state index is -4.74. The van der Waals surface area contributed by atoms with E-state index in [4.69, 9.17) is 5.73 Å². The lowest BCUT2D eigenvalue weighted by molar-refractivity contribution is -0.274. The van der Waals surface area contributed by atoms with Crippen molar-refractivity contribution in [3.05, 3.63) is 29.8 Å². The van der Waals surface area contributed by atoms with E-state index < -0.39 is 12.4 Å². The Bertz CT molecular complexity index is 512. The number of nitrogens with zero attached hydrogens (tertiary/aromatic N) is 1. The zero-order chi connectivity index (χ0) is 16.9. The molecule has 0 aliphatic carbocycles. The summed E-state index contributed by atoms with van der Waals surface area (Å²) in [6.45, 7) is 3.99. The number of nitrogens with two attached hydrogens (primary N) is 1. The third-order valence-electron chi connectivity index (χ3n) is 3.47. The predicted octanol–water partition coefficient (Wildman–Crippen LogP) is 3.34. The summed E-state index contributed by atoms with van der Waals surface area (Å²) in [6.07, 6.45) is -3.96. The minimum absolute atomic E-state index is 0. The summed E-state index contributed by atoms with van der Waals surface area (Å²) in [6, 6.07) is 4.92. The Balaban J connectivity index is 0.00000484. The van der Waals surface area contributed by atoms with Crippen molar-refractivity contribution >= 4 is 18.3 Å². The Morgan fingerprint density at radius 1 is 1.39 bits per heavy atom. The van der Waals surface area contributed by atoms with Crippen LogP contribution in [0.1, 0.15) is 25.8 Å². The van der Waals surface area contributed by atoms with Gasteiger partial charge in [0.1, 0.15) is 5.75 Å². The quantitative estimate of drug-likeness (QED) is 0.852. The van der Waals surface area contributed by atoms with Gasteiger partial charge in [0.25, 0.3) is 0 Å². The molecule has 2 atom stereocenters. The molecule has 2 unspecified atom stereocenters. The molecular formula is C15H22ClF3N2O2. The Hall–Kier alpha value is -1.47. The van der Waals surface area contributed by atoms with Gasteiger partial charge in [-0.1, -0.05) is 32.4 Å². The van der Waals surface area contributed by atoms with Crippen LogP contribution in [0.3, 0.4) is 0 Å². The summed E-state index contributed by atoms with van der Waals surface area (Å²) in [5.41, 5.74) is 6.41. The summed E-state index contributed by atoms with van der Waals surface area (Å²) in [5, 5.41) is 0. The molecule has 0 spiro atoms. The number of benzene rings is 1. The van der Waals surface area contributed by atoms with Gasteiger partial charge in [0, 0.05) is 13.6 Å². The van der Waals surface area contributed by atoms with E-state index in [1.54, 1.807) is 13.1 Å². The van der Waals surface area contributed by atoms with Gasteiger partial charge in [-0.2, -0.15) is 0 Å². The topological polar surface area (TPSA) is 55.6 Å². The van der Waals surface area contributed by atoms with Crippen LogP contribution >= 0.6 is 12.4 Å². The average Bonchev–Trinajstić information content (AvgIpc) is 2.43. The first kappa shape index (κ1) is 21.5. The maximum absolute atomic E-state index is 12.2. The second-order valence-corrected chi connectivity index (χ2v) is 5.30. The van der Waals surface area contributed by atoms with Gasteiger partial charge < -0.3 is 15.4 Å². The van der Waals surface area contributed by atoms with Crippen LogP contribution in [0.2, 0.25) is 0 Å². The standard InChI is InChI=1S/C15H21F3N2O2.ClH/c1-4-10(2)13(19)14(21)20(3)9-11-6-5-7-12(8-11)22-15(16,17)18;/h5-8,10,13H,4,9,19H2,1-3H3;1H. The van der Waals surface area contributed by atoms with Gasteiger partial charge >= 0.3 is 6.36 Å². The summed E-state index contributed by atoms with van der Waals surface area (Å²) >= 11 is 0. The Morgan fingerprint density at radius 3 is 2.52 bits per heavy atom. The highest BCUT2D eigenvalue weighted by Crippen LogP contribution is 2.23. The SMILES string of the molecule is CCC(C)C(N)C(=O)N(C)Cc1cccc(OC(F)(F)F)c1.Cl. The van der Waals surface area contributed by atoms with Gasteiger partial charge in [0.05, 0.1) is 6.04 Å². The molecule has 0 aliphatic heterocycles. The molecule has 1 amide bonds. The van der Waals surface area contributed by atoms with Gasteiger partial charge in [-0.15, -0.1) is 25.6 Å². The first-order valence-electron chi connectivity index (χ1n) is 6.99. The molecule has 2 N–H and O–H groups in total. The summed E-state index contributed by atoms with van der Waals surface area (Å²) < 4.78 is 40.4. The lowest BCUT2D eigenvalue weighted by Crippen LogP contribution is -2.45. The Labute approximate surface area is 140 Å². The molecule has 1 aromatic carbocycles. The highest BCUT2D eigenvalue weighted by molar-refractivity contribution is 5.85. The van der Waals surface area contributed by atoms with Gasteiger partial charge in [0.15, 0.2) is 0 Å². The molecule has 4 nitrogen and oxygen atoms in total. The Kier molecular flexibility index (Phi) is 8.41. The van der Waals surface area contributed by atoms with Crippen molar-refractivity contribution in [2.45, 2.75) is 39.2 Å². The number of halogens is 4. The largest absolute Gasteiger partial charge is 0.573 e. The molecule has 0 heterocycles. The number of carbonyl (C=O) groups excluding carboxylic acids is 1. The van der Waals surface area contributed by atoms with E-state index in [1.165, 1.54) is 23.1 Å². The first-order valence-corrected chi connectivity index (χ1v) is 6.99. The monoisotopic (exact) mass is 354 g/mol. The number of hydrogen-bond acceptors (Lipinski definition) is 3. The smallest absolute Gasteiger partial charge is 0.406 e. The van der Waals surface area contributed by atoms with Crippen molar-refractivity contribution in [3.63, 3.8) is 0 Å². The van der Waals surface area contributed by atoms with Gasteiger partial charge in [-0.3, -0.25) is 4.79 Å². The molecule has 0 radical (unpaired) electrons. The maximum Gasteiger partial charge on any atom is 0.573 e. The lowest BCUT2D eigenvalue weighted by Gasteiger charge is -2.24. The number of carbonyl (C=O) groups is 1. The fourth-order valence-corrected chi connectivity index (χ4v) is 1.94. The molecule has 1 rings (SSSR count). The van der Waals surface area contributed by atoms with Crippen molar-refractivity contribution in [1.29, 1.82) is 0 Å². The van der Waals surface area contributed by atoms with E-state index >= 15 is 0 Å². The van der Waals surface area contributed by atoms with E-state index in [-0.39, 0.29) is 36.5 Å². The third-order valence-corrected chi connectivity index (χ3v) is 3.47. The fourth-order valence-electron chi connectivity index (χ4n) is 1.94. The van der Waals surface area contributed by atoms with Crippen LogP contribution in [0.25, 0.3) is 0 Å². The third kappa shape index (κ3) is 7.09. The van der Waals surface area contributed by atoms with Gasteiger partial charge in [0.2, 0.25) is 5.91 Å². The van der Waals surface area contributed by atoms with Gasteiger partial charge in [-0.05, 0) is 23.6 Å². The zero-order valence-corrected chi connectivity index (χ0v) is 14.1. The van der Waals surface area contributed by atoms with E-state index in [2.05, 4.69) is 4.74 Å². The number of alkyl halides is 3. The average molecular weight is 355 g/mol. The summed E-state index contributed by atoms with van der Waals surface area (Å²) in [5.74, 6) is -0.511. The van der Waals surface area contributed by atoms with Crippen LogP contribution in [0.15, 0.2) is 24.3 Å². The van der Waals surface area contributed by atoms with Crippen LogP contribution in [-0.4, -0.2) is 30.3 Å². The molecule has 1 aromatic rings. The van der Waals surface area contributed by atoms with E-state index in [1.807, 2.05) is 13.8 Å². The molecular weight excluding hydrogens is 333 g/mol. The van der Waals surface area contributed by atoms with E-state index in [0.717, 1.165) is 6.42 Å². The zero-order valence-electron chi connectivity index (χ0n) is 13.3. The van der Waals surface area contributed by atoms with Crippen LogP contribution in [0.4, 0.5) is 13.2 Å². The molecule has 23 heavy (non-hydrogen) atoms. The van der Waals surface area contributed by atoms with E-state index in [9.17, 15) is 18.0 Å². The lowest BCUT2D eigenvalue weighted by atomic mass is 9.99. The highest BCUT2D eigenvalue weighted by Gasteiger charge is 2.31. The predicted molar refractivity (Wildman–Crippen MR) is 84.3 cm³/mol. The molecule has 0 fully saturated rings. The summed E-state index contributed by atoms with van der Waals surface area (Å²) in [4.78, 5) is 13.6. The first-order chi connectivity index (χ1) is 10.1. The highest BCUT2D eigenvalue weighted by atomic mass is 35.5. The molecule has 0 saturated heterocycles. The van der Waals surface area contributed by atoms with Crippen LogP contribution < -0.4 is 10.5 Å². The molecule has 132 valence electrons. The molecule has 0 aromatic heterocycles. The normalized spacial score (nSPS) is 13.7. The number of hydrogen-bond donors (Lipinski definition) is 1. The molecule has 0 saturated carbocycles.